The smallest absolute Gasteiger partial charge is 0.322 e. The fourth-order valence-corrected chi connectivity index (χ4v) is 2.30. The number of amides is 2. The first kappa shape index (κ1) is 14.7. The Labute approximate surface area is 120 Å². The predicted molar refractivity (Wildman–Crippen MR) is 78.7 cm³/mol. The van der Waals surface area contributed by atoms with Crippen LogP contribution < -0.4 is 5.32 Å². The van der Waals surface area contributed by atoms with Crippen LogP contribution in [0.2, 0.25) is 0 Å². The lowest BCUT2D eigenvalue weighted by Gasteiger charge is -2.34. The number of aromatic nitrogens is 2. The van der Waals surface area contributed by atoms with Crippen molar-refractivity contribution in [2.75, 3.05) is 38.0 Å². The van der Waals surface area contributed by atoms with Crippen molar-refractivity contribution >= 4 is 11.7 Å². The second-order valence-electron chi connectivity index (χ2n) is 5.00. The lowest BCUT2D eigenvalue weighted by atomic mass is 10.3. The molecular weight excluding hydrogens is 254 g/mol. The van der Waals surface area contributed by atoms with Crippen LogP contribution in [-0.4, -0.2) is 58.5 Å². The molecule has 0 unspecified atom stereocenters. The molecule has 6 heteroatoms. The van der Waals surface area contributed by atoms with Crippen molar-refractivity contribution < 1.29 is 4.79 Å². The van der Waals surface area contributed by atoms with Gasteiger partial charge in [-0.1, -0.05) is 13.8 Å². The van der Waals surface area contributed by atoms with Crippen molar-refractivity contribution in [2.24, 2.45) is 0 Å². The summed E-state index contributed by atoms with van der Waals surface area (Å²) in [6, 6.07) is -0.0611. The van der Waals surface area contributed by atoms with Gasteiger partial charge in [-0.25, -0.2) is 14.8 Å². The molecule has 0 bridgehead atoms. The molecule has 1 N–H and O–H groups in total. The summed E-state index contributed by atoms with van der Waals surface area (Å²) in [6.45, 7) is 8.75. The summed E-state index contributed by atoms with van der Waals surface area (Å²) in [5.74, 6) is 0.788. The van der Waals surface area contributed by atoms with Gasteiger partial charge in [-0.15, -0.1) is 0 Å². The number of hydrogen-bond acceptors (Lipinski definition) is 4. The van der Waals surface area contributed by atoms with Crippen LogP contribution in [-0.2, 0) is 6.42 Å². The monoisotopic (exact) mass is 277 g/mol. The number of nitrogens with zero attached hydrogens (tertiary/aromatic N) is 4. The molecular formula is C14H23N5O. The van der Waals surface area contributed by atoms with Crippen molar-refractivity contribution in [3.63, 3.8) is 0 Å². The number of nitrogens with one attached hydrogen (secondary N) is 1. The minimum absolute atomic E-state index is 0.0611. The van der Waals surface area contributed by atoms with E-state index in [1.54, 1.807) is 12.4 Å². The Morgan fingerprint density at radius 2 is 1.85 bits per heavy atom. The van der Waals surface area contributed by atoms with Gasteiger partial charge in [-0.2, -0.15) is 0 Å². The molecule has 2 heterocycles. The number of aryl methyl sites for hydroxylation is 1. The van der Waals surface area contributed by atoms with Crippen LogP contribution in [0.25, 0.3) is 0 Å². The molecule has 0 aromatic carbocycles. The number of piperazine rings is 1. The van der Waals surface area contributed by atoms with Crippen LogP contribution >= 0.6 is 0 Å². The quantitative estimate of drug-likeness (QED) is 0.908. The van der Waals surface area contributed by atoms with Crippen molar-refractivity contribution in [1.82, 2.24) is 19.8 Å². The predicted octanol–water partition coefficient (Wildman–Crippen LogP) is 1.60. The zero-order valence-corrected chi connectivity index (χ0v) is 12.3. The SMILES string of the molecule is CCCN1CCN(C(=O)Nc2cnc(CC)nc2)CC1. The van der Waals surface area contributed by atoms with Gasteiger partial charge in [0, 0.05) is 32.6 Å². The molecule has 0 atom stereocenters. The Morgan fingerprint density at radius 1 is 1.20 bits per heavy atom. The van der Waals surface area contributed by atoms with Crippen molar-refractivity contribution in [1.29, 1.82) is 0 Å². The molecule has 0 aliphatic carbocycles. The van der Waals surface area contributed by atoms with Crippen LogP contribution in [0.3, 0.4) is 0 Å². The topological polar surface area (TPSA) is 61.4 Å². The highest BCUT2D eigenvalue weighted by Crippen LogP contribution is 2.08. The zero-order chi connectivity index (χ0) is 14.4. The van der Waals surface area contributed by atoms with E-state index in [2.05, 4.69) is 27.1 Å². The Balaban J connectivity index is 1.83. The molecule has 20 heavy (non-hydrogen) atoms. The molecule has 1 fully saturated rings. The molecule has 2 rings (SSSR count). The normalized spacial score (nSPS) is 16.2. The summed E-state index contributed by atoms with van der Waals surface area (Å²) >= 11 is 0. The van der Waals surface area contributed by atoms with Gasteiger partial charge in [-0.05, 0) is 13.0 Å². The van der Waals surface area contributed by atoms with Crippen LogP contribution in [0.15, 0.2) is 12.4 Å². The Kier molecular flexibility index (Phi) is 5.29. The standard InChI is InChI=1S/C14H23N5O/c1-3-5-18-6-8-19(9-7-18)14(20)17-12-10-15-13(4-2)16-11-12/h10-11H,3-9H2,1-2H3,(H,17,20). The molecule has 1 aliphatic heterocycles. The van der Waals surface area contributed by atoms with Gasteiger partial charge in [0.05, 0.1) is 18.1 Å². The van der Waals surface area contributed by atoms with Gasteiger partial charge >= 0.3 is 6.03 Å². The lowest BCUT2D eigenvalue weighted by Crippen LogP contribution is -2.50. The second kappa shape index (κ2) is 7.19. The van der Waals surface area contributed by atoms with E-state index >= 15 is 0 Å². The summed E-state index contributed by atoms with van der Waals surface area (Å²) < 4.78 is 0. The average molecular weight is 277 g/mol. The minimum Gasteiger partial charge on any atom is -0.322 e. The number of rotatable bonds is 4. The van der Waals surface area contributed by atoms with Gasteiger partial charge in [0.25, 0.3) is 0 Å². The highest BCUT2D eigenvalue weighted by molar-refractivity contribution is 5.89. The van der Waals surface area contributed by atoms with E-state index < -0.39 is 0 Å². The maximum atomic E-state index is 12.1. The Bertz CT molecular complexity index is 426. The first-order valence-electron chi connectivity index (χ1n) is 7.32. The van der Waals surface area contributed by atoms with Crippen LogP contribution in [0.5, 0.6) is 0 Å². The fourth-order valence-electron chi connectivity index (χ4n) is 2.30. The van der Waals surface area contributed by atoms with E-state index in [-0.39, 0.29) is 6.03 Å². The largest absolute Gasteiger partial charge is 0.322 e. The summed E-state index contributed by atoms with van der Waals surface area (Å²) in [5, 5.41) is 2.85. The number of urea groups is 1. The van der Waals surface area contributed by atoms with E-state index in [4.69, 9.17) is 0 Å². The second-order valence-corrected chi connectivity index (χ2v) is 5.00. The number of hydrogen-bond donors (Lipinski definition) is 1. The third-order valence-corrected chi connectivity index (χ3v) is 3.47. The molecule has 0 spiro atoms. The molecule has 0 radical (unpaired) electrons. The van der Waals surface area contributed by atoms with E-state index in [0.29, 0.717) is 5.69 Å². The maximum Gasteiger partial charge on any atom is 0.322 e. The summed E-state index contributed by atoms with van der Waals surface area (Å²) in [4.78, 5) is 24.7. The number of carbonyl (C=O) groups is 1. The summed E-state index contributed by atoms with van der Waals surface area (Å²) in [6.07, 6.45) is 5.29. The summed E-state index contributed by atoms with van der Waals surface area (Å²) in [7, 11) is 0. The van der Waals surface area contributed by atoms with Gasteiger partial charge < -0.3 is 10.2 Å². The van der Waals surface area contributed by atoms with Gasteiger partial charge in [0.1, 0.15) is 5.82 Å². The highest BCUT2D eigenvalue weighted by Gasteiger charge is 2.20. The van der Waals surface area contributed by atoms with Crippen LogP contribution in [0.4, 0.5) is 10.5 Å². The van der Waals surface area contributed by atoms with Crippen molar-refractivity contribution in [3.8, 4) is 0 Å². The Morgan fingerprint density at radius 3 is 2.40 bits per heavy atom. The van der Waals surface area contributed by atoms with Gasteiger partial charge in [0.2, 0.25) is 0 Å². The van der Waals surface area contributed by atoms with E-state index in [1.807, 2.05) is 11.8 Å². The van der Waals surface area contributed by atoms with Gasteiger partial charge in [0.15, 0.2) is 0 Å². The fraction of sp³-hybridized carbons (Fsp3) is 0.643. The molecule has 1 aliphatic rings. The third kappa shape index (κ3) is 3.90. The first-order valence-corrected chi connectivity index (χ1v) is 7.32. The molecule has 1 aromatic rings. The van der Waals surface area contributed by atoms with Crippen LogP contribution in [0.1, 0.15) is 26.1 Å². The number of anilines is 1. The highest BCUT2D eigenvalue weighted by atomic mass is 16.2. The maximum absolute atomic E-state index is 12.1. The Hall–Kier alpha value is -1.69. The van der Waals surface area contributed by atoms with Gasteiger partial charge in [-0.3, -0.25) is 4.90 Å². The first-order chi connectivity index (χ1) is 9.72. The van der Waals surface area contributed by atoms with E-state index in [0.717, 1.165) is 51.4 Å². The lowest BCUT2D eigenvalue weighted by molar-refractivity contribution is 0.147. The third-order valence-electron chi connectivity index (χ3n) is 3.47. The zero-order valence-electron chi connectivity index (χ0n) is 12.3. The average Bonchev–Trinajstić information content (AvgIpc) is 2.49. The van der Waals surface area contributed by atoms with Crippen LogP contribution in [0, 0.1) is 0 Å². The summed E-state index contributed by atoms with van der Waals surface area (Å²) in [5.41, 5.74) is 0.656. The molecule has 1 aromatic heterocycles. The molecule has 2 amide bonds. The van der Waals surface area contributed by atoms with E-state index in [1.165, 1.54) is 0 Å². The molecule has 6 nitrogen and oxygen atoms in total. The minimum atomic E-state index is -0.0611. The van der Waals surface area contributed by atoms with Crippen molar-refractivity contribution in [2.45, 2.75) is 26.7 Å². The molecule has 0 saturated carbocycles. The molecule has 1 saturated heterocycles. The number of carbonyl (C=O) groups excluding carboxylic acids is 1. The molecule has 110 valence electrons. The van der Waals surface area contributed by atoms with E-state index in [9.17, 15) is 4.79 Å². The van der Waals surface area contributed by atoms with Crippen molar-refractivity contribution in [3.05, 3.63) is 18.2 Å².